The molecule has 2 aromatic carbocycles. The average Bonchev–Trinajstić information content (AvgIpc) is 3.44. The van der Waals surface area contributed by atoms with Gasteiger partial charge in [-0.15, -0.1) is 0 Å². The third-order valence-electron chi connectivity index (χ3n) is 5.80. The molecule has 0 spiro atoms. The molecule has 28 heavy (non-hydrogen) atoms. The van der Waals surface area contributed by atoms with E-state index in [2.05, 4.69) is 0 Å². The Kier molecular flexibility index (Phi) is 2.98. The quantitative estimate of drug-likeness (QED) is 0.472. The minimum atomic E-state index is -0.553. The van der Waals surface area contributed by atoms with Crippen LogP contribution in [0.25, 0.3) is 22.6 Å². The van der Waals surface area contributed by atoms with Crippen molar-refractivity contribution in [3.05, 3.63) is 95.4 Å². The molecular weight excluding hydrogens is 352 g/mol. The highest BCUT2D eigenvalue weighted by Crippen LogP contribution is 2.51. The summed E-state index contributed by atoms with van der Waals surface area (Å²) in [6.45, 7) is 0. The number of Topliss-reactive ketones (excluding diaryl/α,β-unsaturated/α-hetero) is 2. The highest BCUT2D eigenvalue weighted by molar-refractivity contribution is 6.45. The summed E-state index contributed by atoms with van der Waals surface area (Å²) in [5.74, 6) is -0.265. The van der Waals surface area contributed by atoms with Crippen LogP contribution in [0.5, 0.6) is 0 Å². The molecule has 2 atom stereocenters. The van der Waals surface area contributed by atoms with E-state index >= 15 is 0 Å². The van der Waals surface area contributed by atoms with Crippen LogP contribution in [0.2, 0.25) is 0 Å². The Morgan fingerprint density at radius 3 is 1.43 bits per heavy atom. The molecule has 134 valence electrons. The van der Waals surface area contributed by atoms with E-state index in [9.17, 15) is 9.59 Å². The fraction of sp³-hybridized carbons (Fsp3) is 0.0833. The van der Waals surface area contributed by atoms with Crippen molar-refractivity contribution in [2.45, 2.75) is 11.8 Å². The molecule has 0 aliphatic heterocycles. The third-order valence-corrected chi connectivity index (χ3v) is 5.80. The Balaban J connectivity index is 1.56. The van der Waals surface area contributed by atoms with Crippen LogP contribution in [0.15, 0.2) is 82.0 Å². The van der Waals surface area contributed by atoms with Gasteiger partial charge in [-0.1, -0.05) is 24.3 Å². The Morgan fingerprint density at radius 2 is 1.04 bits per heavy atom. The zero-order valence-corrected chi connectivity index (χ0v) is 14.7. The number of rotatable bonds is 2. The van der Waals surface area contributed by atoms with E-state index in [1.165, 1.54) is 0 Å². The number of hydrogen-bond donors (Lipinski definition) is 0. The van der Waals surface area contributed by atoms with E-state index < -0.39 is 11.8 Å². The van der Waals surface area contributed by atoms with Crippen LogP contribution >= 0.6 is 0 Å². The number of carbonyl (C=O) groups is 2. The van der Waals surface area contributed by atoms with Crippen LogP contribution in [-0.4, -0.2) is 11.6 Å². The van der Waals surface area contributed by atoms with Gasteiger partial charge < -0.3 is 8.83 Å². The fourth-order valence-corrected chi connectivity index (χ4v) is 4.55. The standard InChI is InChI=1S/C24H14O4/c25-23-21-16-8-6-14(20-4-2-10-28-20)12-18(16)22(24(23)26)15-7-5-13(11-17(15)21)19-3-1-9-27-19/h1-12,21-22H. The van der Waals surface area contributed by atoms with Gasteiger partial charge in [-0.25, -0.2) is 0 Å². The van der Waals surface area contributed by atoms with Gasteiger partial charge in [0.15, 0.2) is 0 Å². The maximum atomic E-state index is 12.8. The number of fused-ring (bicyclic) bond motifs is 1. The van der Waals surface area contributed by atoms with Crippen molar-refractivity contribution in [2.24, 2.45) is 0 Å². The lowest BCUT2D eigenvalue weighted by Gasteiger charge is -2.38. The van der Waals surface area contributed by atoms with Crippen molar-refractivity contribution >= 4 is 11.6 Å². The SMILES string of the molecule is O=C1C(=O)C2c3ccc(-c4ccco4)cc3C1c1ccc(-c3ccco3)cc12. The Hall–Kier alpha value is -3.66. The first-order valence-corrected chi connectivity index (χ1v) is 9.16. The van der Waals surface area contributed by atoms with E-state index in [0.29, 0.717) is 0 Å². The van der Waals surface area contributed by atoms with Crippen molar-refractivity contribution < 1.29 is 18.4 Å². The molecule has 3 aliphatic carbocycles. The first kappa shape index (κ1) is 15.4. The Morgan fingerprint density at radius 1 is 0.571 bits per heavy atom. The van der Waals surface area contributed by atoms with Gasteiger partial charge in [0, 0.05) is 11.1 Å². The lowest BCUT2D eigenvalue weighted by atomic mass is 9.62. The van der Waals surface area contributed by atoms with E-state index in [1.54, 1.807) is 12.5 Å². The molecule has 4 nitrogen and oxygen atoms in total. The molecule has 3 aliphatic rings. The molecule has 2 bridgehead atoms. The fourth-order valence-electron chi connectivity index (χ4n) is 4.55. The smallest absolute Gasteiger partial charge is 0.211 e. The van der Waals surface area contributed by atoms with E-state index in [0.717, 1.165) is 44.9 Å². The predicted octanol–water partition coefficient (Wildman–Crippen LogP) is 4.94. The molecule has 0 amide bonds. The summed E-state index contributed by atoms with van der Waals surface area (Å²) >= 11 is 0. The topological polar surface area (TPSA) is 60.4 Å². The molecule has 0 fully saturated rings. The minimum absolute atomic E-state index is 0.327. The summed E-state index contributed by atoms with van der Waals surface area (Å²) in [5, 5.41) is 0. The van der Waals surface area contributed by atoms with Gasteiger partial charge in [-0.05, 0) is 58.7 Å². The zero-order chi connectivity index (χ0) is 18.8. The minimum Gasteiger partial charge on any atom is -0.464 e. The van der Waals surface area contributed by atoms with Gasteiger partial charge in [0.05, 0.1) is 24.4 Å². The summed E-state index contributed by atoms with van der Waals surface area (Å²) in [6.07, 6.45) is 3.25. The highest BCUT2D eigenvalue weighted by atomic mass is 16.3. The summed E-state index contributed by atoms with van der Waals surface area (Å²) in [4.78, 5) is 25.7. The molecule has 2 heterocycles. The van der Waals surface area contributed by atoms with Gasteiger partial charge in [-0.3, -0.25) is 9.59 Å². The van der Waals surface area contributed by atoms with Gasteiger partial charge in [0.1, 0.15) is 11.5 Å². The molecular formula is C24H14O4. The second-order valence-electron chi connectivity index (χ2n) is 7.24. The molecule has 7 rings (SSSR count). The van der Waals surface area contributed by atoms with Crippen LogP contribution in [0.3, 0.4) is 0 Å². The maximum absolute atomic E-state index is 12.8. The van der Waals surface area contributed by atoms with Crippen molar-refractivity contribution in [3.63, 3.8) is 0 Å². The number of furan rings is 2. The highest BCUT2D eigenvalue weighted by Gasteiger charge is 2.48. The Labute approximate surface area is 160 Å². The summed E-state index contributed by atoms with van der Waals surface area (Å²) in [6, 6.07) is 19.2. The van der Waals surface area contributed by atoms with Gasteiger partial charge in [0.2, 0.25) is 11.6 Å². The molecule has 4 heteroatoms. The third kappa shape index (κ3) is 1.94. The van der Waals surface area contributed by atoms with Crippen LogP contribution < -0.4 is 0 Å². The molecule has 0 saturated carbocycles. The lowest BCUT2D eigenvalue weighted by Crippen LogP contribution is -2.40. The predicted molar refractivity (Wildman–Crippen MR) is 102 cm³/mol. The molecule has 2 aromatic heterocycles. The van der Waals surface area contributed by atoms with E-state index in [1.807, 2.05) is 60.7 Å². The van der Waals surface area contributed by atoms with Gasteiger partial charge in [0.25, 0.3) is 0 Å². The maximum Gasteiger partial charge on any atom is 0.211 e. The van der Waals surface area contributed by atoms with E-state index in [-0.39, 0.29) is 11.6 Å². The largest absolute Gasteiger partial charge is 0.464 e. The van der Waals surface area contributed by atoms with Crippen molar-refractivity contribution in [1.29, 1.82) is 0 Å². The number of benzene rings is 2. The van der Waals surface area contributed by atoms with Crippen molar-refractivity contribution in [2.75, 3.05) is 0 Å². The van der Waals surface area contributed by atoms with Crippen LogP contribution in [0.1, 0.15) is 34.1 Å². The molecule has 2 unspecified atom stereocenters. The molecule has 0 radical (unpaired) electrons. The van der Waals surface area contributed by atoms with Crippen molar-refractivity contribution in [1.82, 2.24) is 0 Å². The summed E-state index contributed by atoms with van der Waals surface area (Å²) in [7, 11) is 0. The van der Waals surface area contributed by atoms with Gasteiger partial charge >= 0.3 is 0 Å². The second kappa shape index (κ2) is 5.42. The summed E-state index contributed by atoms with van der Waals surface area (Å²) < 4.78 is 11.0. The van der Waals surface area contributed by atoms with Gasteiger partial charge in [-0.2, -0.15) is 0 Å². The molecule has 0 N–H and O–H groups in total. The average molecular weight is 366 g/mol. The monoisotopic (exact) mass is 366 g/mol. The second-order valence-corrected chi connectivity index (χ2v) is 7.24. The number of hydrogen-bond acceptors (Lipinski definition) is 4. The first-order valence-electron chi connectivity index (χ1n) is 9.16. The van der Waals surface area contributed by atoms with E-state index in [4.69, 9.17) is 8.83 Å². The lowest BCUT2D eigenvalue weighted by molar-refractivity contribution is -0.138. The zero-order valence-electron chi connectivity index (χ0n) is 14.7. The summed E-state index contributed by atoms with van der Waals surface area (Å²) in [5.41, 5.74) is 5.45. The number of ketones is 2. The van der Waals surface area contributed by atoms with Crippen LogP contribution in [-0.2, 0) is 9.59 Å². The first-order chi connectivity index (χ1) is 13.7. The van der Waals surface area contributed by atoms with Crippen molar-refractivity contribution in [3.8, 4) is 22.6 Å². The van der Waals surface area contributed by atoms with Crippen LogP contribution in [0.4, 0.5) is 0 Å². The Bertz CT molecular complexity index is 1150. The normalized spacial score (nSPS) is 19.6. The molecule has 4 aromatic rings. The van der Waals surface area contributed by atoms with Crippen LogP contribution in [0, 0.1) is 0 Å². The number of carbonyl (C=O) groups excluding carboxylic acids is 2. The molecule has 0 saturated heterocycles.